The second kappa shape index (κ2) is 6.56. The van der Waals surface area contributed by atoms with Gasteiger partial charge in [-0.3, -0.25) is 0 Å². The van der Waals surface area contributed by atoms with Gasteiger partial charge in [-0.15, -0.1) is 0 Å². The van der Waals surface area contributed by atoms with E-state index >= 15 is 0 Å². The molecule has 0 radical (unpaired) electrons. The van der Waals surface area contributed by atoms with Crippen molar-refractivity contribution >= 4 is 11.8 Å². The van der Waals surface area contributed by atoms with E-state index in [9.17, 15) is 18.3 Å². The first-order valence-corrected chi connectivity index (χ1v) is 5.72. The van der Waals surface area contributed by atoms with Gasteiger partial charge in [0.25, 0.3) is 0 Å². The fourth-order valence-corrected chi connectivity index (χ4v) is 1.70. The van der Waals surface area contributed by atoms with Crippen LogP contribution in [0.25, 0.3) is 0 Å². The Hall–Kier alpha value is 0.100. The van der Waals surface area contributed by atoms with Gasteiger partial charge < -0.3 is 5.11 Å². The van der Waals surface area contributed by atoms with Crippen LogP contribution in [-0.2, 0) is 0 Å². The van der Waals surface area contributed by atoms with Crippen molar-refractivity contribution in [3.05, 3.63) is 0 Å². The highest BCUT2D eigenvalue weighted by Gasteiger charge is 2.26. The van der Waals surface area contributed by atoms with Crippen LogP contribution in [0, 0.1) is 0 Å². The Morgan fingerprint density at radius 1 is 1.29 bits per heavy atom. The van der Waals surface area contributed by atoms with Crippen LogP contribution in [0.5, 0.6) is 0 Å². The van der Waals surface area contributed by atoms with Gasteiger partial charge in [-0.05, 0) is 18.1 Å². The van der Waals surface area contributed by atoms with Gasteiger partial charge in [0.2, 0.25) is 0 Å². The molecule has 0 aromatic carbocycles. The predicted molar refractivity (Wildman–Crippen MR) is 53.5 cm³/mol. The van der Waals surface area contributed by atoms with Gasteiger partial charge in [0, 0.05) is 12.2 Å². The summed E-state index contributed by atoms with van der Waals surface area (Å²) in [6.45, 7) is 3.99. The summed E-state index contributed by atoms with van der Waals surface area (Å²) >= 11 is 1.57. The maximum Gasteiger partial charge on any atom is 0.389 e. The maximum absolute atomic E-state index is 11.7. The van der Waals surface area contributed by atoms with Gasteiger partial charge in [0.05, 0.1) is 6.10 Å². The molecule has 1 N–H and O–H groups in total. The lowest BCUT2D eigenvalue weighted by Crippen LogP contribution is -2.14. The topological polar surface area (TPSA) is 20.2 Å². The van der Waals surface area contributed by atoms with Crippen molar-refractivity contribution in [2.45, 2.75) is 50.6 Å². The third kappa shape index (κ3) is 10.2. The van der Waals surface area contributed by atoms with E-state index in [2.05, 4.69) is 0 Å². The minimum atomic E-state index is -4.09. The molecular weight excluding hydrogens is 213 g/mol. The van der Waals surface area contributed by atoms with E-state index in [1.807, 2.05) is 13.8 Å². The summed E-state index contributed by atoms with van der Waals surface area (Å²) in [5, 5.41) is 9.72. The molecule has 0 amide bonds. The highest BCUT2D eigenvalue weighted by atomic mass is 32.2. The highest BCUT2D eigenvalue weighted by molar-refractivity contribution is 7.99. The zero-order chi connectivity index (χ0) is 11.2. The summed E-state index contributed by atoms with van der Waals surface area (Å²) in [4.78, 5) is 0. The standard InChI is InChI=1S/C9H17F3OS/c1-7(2)14-6-8(13)4-3-5-9(10,11)12/h7-8,13H,3-6H2,1-2H3. The van der Waals surface area contributed by atoms with Crippen molar-refractivity contribution in [1.82, 2.24) is 0 Å². The van der Waals surface area contributed by atoms with E-state index < -0.39 is 18.7 Å². The SMILES string of the molecule is CC(C)SCC(O)CCCC(F)(F)F. The molecule has 0 aromatic heterocycles. The average molecular weight is 230 g/mol. The van der Waals surface area contributed by atoms with Crippen molar-refractivity contribution in [1.29, 1.82) is 0 Å². The Morgan fingerprint density at radius 3 is 2.29 bits per heavy atom. The number of halogens is 3. The van der Waals surface area contributed by atoms with Crippen LogP contribution >= 0.6 is 11.8 Å². The van der Waals surface area contributed by atoms with Crippen molar-refractivity contribution in [2.24, 2.45) is 0 Å². The monoisotopic (exact) mass is 230 g/mol. The molecule has 0 aliphatic carbocycles. The van der Waals surface area contributed by atoms with Gasteiger partial charge in [-0.25, -0.2) is 0 Å². The number of aliphatic hydroxyl groups is 1. The first-order valence-electron chi connectivity index (χ1n) is 4.67. The number of alkyl halides is 3. The molecule has 0 saturated carbocycles. The Labute approximate surface area is 87.1 Å². The first kappa shape index (κ1) is 14.1. The van der Waals surface area contributed by atoms with E-state index in [4.69, 9.17) is 0 Å². The summed E-state index contributed by atoms with van der Waals surface area (Å²) in [5.74, 6) is 0.523. The molecule has 5 heteroatoms. The third-order valence-electron chi connectivity index (χ3n) is 1.62. The second-order valence-corrected chi connectivity index (χ2v) is 5.15. The van der Waals surface area contributed by atoms with Crippen LogP contribution < -0.4 is 0 Å². The third-order valence-corrected chi connectivity index (χ3v) is 2.86. The summed E-state index contributed by atoms with van der Waals surface area (Å²) < 4.78 is 35.2. The van der Waals surface area contributed by atoms with Crippen molar-refractivity contribution in [3.63, 3.8) is 0 Å². The quantitative estimate of drug-likeness (QED) is 0.756. The lowest BCUT2D eigenvalue weighted by Gasteiger charge is -2.12. The molecule has 0 aromatic rings. The van der Waals surface area contributed by atoms with Crippen molar-refractivity contribution < 1.29 is 18.3 Å². The van der Waals surface area contributed by atoms with E-state index in [-0.39, 0.29) is 12.8 Å². The molecule has 0 aliphatic rings. The van der Waals surface area contributed by atoms with Gasteiger partial charge in [0.15, 0.2) is 0 Å². The summed E-state index contributed by atoms with van der Waals surface area (Å²) in [5.41, 5.74) is 0. The lowest BCUT2D eigenvalue weighted by atomic mass is 10.2. The minimum absolute atomic E-state index is 0.0172. The van der Waals surface area contributed by atoms with Crippen LogP contribution in [0.15, 0.2) is 0 Å². The molecule has 0 spiro atoms. The summed E-state index contributed by atoms with van der Waals surface area (Å²) in [6, 6.07) is 0. The Balaban J connectivity index is 3.40. The van der Waals surface area contributed by atoms with Crippen molar-refractivity contribution in [3.8, 4) is 0 Å². The Kier molecular flexibility index (Phi) is 6.61. The van der Waals surface area contributed by atoms with Crippen LogP contribution in [0.3, 0.4) is 0 Å². The normalized spacial score (nSPS) is 14.8. The number of thioether (sulfide) groups is 1. The van der Waals surface area contributed by atoms with E-state index in [1.165, 1.54) is 0 Å². The zero-order valence-corrected chi connectivity index (χ0v) is 9.29. The molecule has 0 fully saturated rings. The minimum Gasteiger partial charge on any atom is -0.392 e. The van der Waals surface area contributed by atoms with Crippen LogP contribution in [-0.4, -0.2) is 28.4 Å². The molecule has 0 heterocycles. The van der Waals surface area contributed by atoms with E-state index in [1.54, 1.807) is 11.8 Å². The number of rotatable bonds is 6. The Bertz CT molecular complexity index is 147. The molecule has 0 bridgehead atoms. The van der Waals surface area contributed by atoms with Crippen LogP contribution in [0.1, 0.15) is 33.1 Å². The van der Waals surface area contributed by atoms with Gasteiger partial charge in [-0.2, -0.15) is 24.9 Å². The number of aliphatic hydroxyl groups excluding tert-OH is 1. The number of hydrogen-bond acceptors (Lipinski definition) is 2. The highest BCUT2D eigenvalue weighted by Crippen LogP contribution is 2.23. The predicted octanol–water partition coefficient (Wildman–Crippen LogP) is 3.22. The number of hydrogen-bond donors (Lipinski definition) is 1. The molecule has 1 unspecified atom stereocenters. The lowest BCUT2D eigenvalue weighted by molar-refractivity contribution is -0.136. The molecule has 0 aliphatic heterocycles. The zero-order valence-electron chi connectivity index (χ0n) is 8.47. The molecule has 1 nitrogen and oxygen atoms in total. The molecule has 0 rings (SSSR count). The fraction of sp³-hybridized carbons (Fsp3) is 1.00. The largest absolute Gasteiger partial charge is 0.392 e. The molecular formula is C9H17F3OS. The molecule has 0 saturated heterocycles. The van der Waals surface area contributed by atoms with Gasteiger partial charge in [-0.1, -0.05) is 13.8 Å². The van der Waals surface area contributed by atoms with Crippen LogP contribution in [0.2, 0.25) is 0 Å². The average Bonchev–Trinajstić information content (AvgIpc) is 1.98. The van der Waals surface area contributed by atoms with E-state index in [0.29, 0.717) is 11.0 Å². The first-order chi connectivity index (χ1) is 6.31. The van der Waals surface area contributed by atoms with Crippen molar-refractivity contribution in [2.75, 3.05) is 5.75 Å². The summed E-state index contributed by atoms with van der Waals surface area (Å²) in [7, 11) is 0. The fourth-order valence-electron chi connectivity index (χ4n) is 0.925. The molecule has 14 heavy (non-hydrogen) atoms. The molecule has 86 valence electrons. The second-order valence-electron chi connectivity index (χ2n) is 3.54. The smallest absolute Gasteiger partial charge is 0.389 e. The maximum atomic E-state index is 11.7. The Morgan fingerprint density at radius 2 is 1.86 bits per heavy atom. The summed E-state index contributed by atoms with van der Waals surface area (Å²) in [6.07, 6.45) is -5.24. The van der Waals surface area contributed by atoms with Crippen LogP contribution in [0.4, 0.5) is 13.2 Å². The molecule has 1 atom stereocenters. The van der Waals surface area contributed by atoms with E-state index in [0.717, 1.165) is 0 Å². The van der Waals surface area contributed by atoms with Gasteiger partial charge in [0.1, 0.15) is 0 Å². The van der Waals surface area contributed by atoms with Gasteiger partial charge >= 0.3 is 6.18 Å².